The van der Waals surface area contributed by atoms with Gasteiger partial charge in [-0.05, 0) is 19.4 Å². The van der Waals surface area contributed by atoms with E-state index in [-0.39, 0.29) is 5.91 Å². The normalized spacial score (nSPS) is 18.7. The minimum atomic E-state index is 0.0955. The van der Waals surface area contributed by atoms with Gasteiger partial charge in [-0.1, -0.05) is 30.3 Å². The van der Waals surface area contributed by atoms with Crippen LogP contribution in [-0.2, 0) is 4.79 Å². The van der Waals surface area contributed by atoms with Crippen LogP contribution in [0.15, 0.2) is 30.3 Å². The summed E-state index contributed by atoms with van der Waals surface area (Å²) in [5.74, 6) is 2.16. The highest BCUT2D eigenvalue weighted by atomic mass is 16.1. The molecule has 0 radical (unpaired) electrons. The number of amides is 1. The van der Waals surface area contributed by atoms with Crippen LogP contribution in [0.4, 0.5) is 0 Å². The van der Waals surface area contributed by atoms with Crippen molar-refractivity contribution >= 4 is 5.91 Å². The molecule has 1 aliphatic heterocycles. The summed E-state index contributed by atoms with van der Waals surface area (Å²) in [5.41, 5.74) is 1.03. The van der Waals surface area contributed by atoms with Crippen LogP contribution in [0.25, 0.3) is 11.4 Å². The van der Waals surface area contributed by atoms with Gasteiger partial charge < -0.3 is 10.2 Å². The fraction of sp³-hybridized carbons (Fsp3) is 0.471. The molecule has 23 heavy (non-hydrogen) atoms. The highest BCUT2D eigenvalue weighted by Crippen LogP contribution is 2.26. The Bertz CT molecular complexity index is 639. The molecule has 1 aliphatic rings. The number of likely N-dealkylation sites (tertiary alicyclic amines) is 1. The Hall–Kier alpha value is -2.21. The first kappa shape index (κ1) is 15.7. The van der Waals surface area contributed by atoms with Crippen molar-refractivity contribution in [1.82, 2.24) is 25.4 Å². The number of rotatable bonds is 5. The molecule has 6 heteroatoms. The number of hydrogen-bond acceptors (Lipinski definition) is 4. The fourth-order valence-corrected chi connectivity index (χ4v) is 3.04. The van der Waals surface area contributed by atoms with Gasteiger partial charge in [0.05, 0.1) is 0 Å². The molecule has 1 saturated heterocycles. The lowest BCUT2D eigenvalue weighted by molar-refractivity contribution is -0.121. The second-order valence-corrected chi connectivity index (χ2v) is 5.97. The fourth-order valence-electron chi connectivity index (χ4n) is 3.04. The van der Waals surface area contributed by atoms with Gasteiger partial charge in [-0.15, -0.1) is 0 Å². The van der Waals surface area contributed by atoms with Crippen LogP contribution >= 0.6 is 0 Å². The Kier molecular flexibility index (Phi) is 5.02. The number of carbonyl (C=O) groups is 1. The molecule has 122 valence electrons. The maximum absolute atomic E-state index is 11.4. The zero-order valence-electron chi connectivity index (χ0n) is 13.5. The molecular formula is C17H23N5O. The first-order valence-corrected chi connectivity index (χ1v) is 8.17. The van der Waals surface area contributed by atoms with Gasteiger partial charge >= 0.3 is 0 Å². The summed E-state index contributed by atoms with van der Waals surface area (Å²) in [6.45, 7) is 2.78. The van der Waals surface area contributed by atoms with Gasteiger partial charge in [0.25, 0.3) is 0 Å². The maximum atomic E-state index is 11.4. The van der Waals surface area contributed by atoms with Crippen LogP contribution in [0, 0.1) is 0 Å². The molecule has 2 aromatic rings. The third kappa shape index (κ3) is 3.96. The number of aromatic amines is 1. The van der Waals surface area contributed by atoms with Gasteiger partial charge in [0.15, 0.2) is 5.82 Å². The Morgan fingerprint density at radius 3 is 3.00 bits per heavy atom. The molecule has 3 rings (SSSR count). The molecule has 1 aromatic heterocycles. The Labute approximate surface area is 136 Å². The summed E-state index contributed by atoms with van der Waals surface area (Å²) in [6.07, 6.45) is 2.79. The predicted molar refractivity (Wildman–Crippen MR) is 88.9 cm³/mol. The number of carbonyl (C=O) groups excluding carboxylic acids is 1. The molecule has 1 amide bonds. The summed E-state index contributed by atoms with van der Waals surface area (Å²) in [6, 6.07) is 10.0. The van der Waals surface area contributed by atoms with Crippen molar-refractivity contribution in [2.24, 2.45) is 0 Å². The number of benzene rings is 1. The van der Waals surface area contributed by atoms with Gasteiger partial charge in [0.2, 0.25) is 5.91 Å². The average Bonchev–Trinajstić information content (AvgIpc) is 3.11. The van der Waals surface area contributed by atoms with Crippen LogP contribution in [0.3, 0.4) is 0 Å². The SMILES string of the molecule is CNC(=O)CCN1CCC[C@H](c2nc(-c3ccccc3)n[nH]2)C1. The van der Waals surface area contributed by atoms with Crippen LogP contribution in [0.5, 0.6) is 0 Å². The minimum Gasteiger partial charge on any atom is -0.359 e. The van der Waals surface area contributed by atoms with E-state index in [1.165, 1.54) is 0 Å². The quantitative estimate of drug-likeness (QED) is 0.882. The zero-order valence-corrected chi connectivity index (χ0v) is 13.5. The Morgan fingerprint density at radius 1 is 1.39 bits per heavy atom. The highest BCUT2D eigenvalue weighted by molar-refractivity contribution is 5.75. The maximum Gasteiger partial charge on any atom is 0.221 e. The summed E-state index contributed by atoms with van der Waals surface area (Å²) in [4.78, 5) is 18.4. The van der Waals surface area contributed by atoms with Crippen molar-refractivity contribution in [2.45, 2.75) is 25.2 Å². The van der Waals surface area contributed by atoms with Crippen LogP contribution in [-0.4, -0.2) is 52.7 Å². The number of aromatic nitrogens is 3. The van der Waals surface area contributed by atoms with Crippen LogP contribution in [0.1, 0.15) is 31.0 Å². The van der Waals surface area contributed by atoms with Gasteiger partial charge in [-0.3, -0.25) is 9.89 Å². The second kappa shape index (κ2) is 7.37. The van der Waals surface area contributed by atoms with E-state index in [4.69, 9.17) is 0 Å². The molecule has 0 spiro atoms. The summed E-state index contributed by atoms with van der Waals surface area (Å²) in [5, 5.41) is 10.1. The van der Waals surface area contributed by atoms with Crippen molar-refractivity contribution in [3.05, 3.63) is 36.2 Å². The van der Waals surface area contributed by atoms with Crippen molar-refractivity contribution in [3.8, 4) is 11.4 Å². The third-order valence-corrected chi connectivity index (χ3v) is 4.36. The summed E-state index contributed by atoms with van der Waals surface area (Å²) < 4.78 is 0. The van der Waals surface area contributed by atoms with Crippen molar-refractivity contribution in [3.63, 3.8) is 0 Å². The van der Waals surface area contributed by atoms with Crippen molar-refractivity contribution in [2.75, 3.05) is 26.7 Å². The van der Waals surface area contributed by atoms with Crippen molar-refractivity contribution < 1.29 is 4.79 Å². The molecule has 1 aromatic carbocycles. The minimum absolute atomic E-state index is 0.0955. The standard InChI is InChI=1S/C17H23N5O/c1-18-15(23)9-11-22-10-5-8-14(12-22)17-19-16(20-21-17)13-6-3-2-4-7-13/h2-4,6-7,14H,5,8-12H2,1H3,(H,18,23)(H,19,20,21)/t14-/m0/s1. The summed E-state index contributed by atoms with van der Waals surface area (Å²) >= 11 is 0. The van der Waals surface area contributed by atoms with E-state index in [1.807, 2.05) is 30.3 Å². The van der Waals surface area contributed by atoms with E-state index in [0.29, 0.717) is 12.3 Å². The first-order chi connectivity index (χ1) is 11.3. The number of nitrogens with zero attached hydrogens (tertiary/aromatic N) is 3. The molecule has 2 heterocycles. The number of piperidine rings is 1. The summed E-state index contributed by atoms with van der Waals surface area (Å²) in [7, 11) is 1.68. The Morgan fingerprint density at radius 2 is 2.22 bits per heavy atom. The van der Waals surface area contributed by atoms with Gasteiger partial charge in [-0.2, -0.15) is 5.10 Å². The van der Waals surface area contributed by atoms with E-state index >= 15 is 0 Å². The van der Waals surface area contributed by atoms with E-state index in [2.05, 4.69) is 25.4 Å². The lowest BCUT2D eigenvalue weighted by Gasteiger charge is -2.31. The largest absolute Gasteiger partial charge is 0.359 e. The van der Waals surface area contributed by atoms with Gasteiger partial charge in [0, 0.05) is 38.0 Å². The van der Waals surface area contributed by atoms with Crippen LogP contribution < -0.4 is 5.32 Å². The molecule has 2 N–H and O–H groups in total. The monoisotopic (exact) mass is 313 g/mol. The van der Waals surface area contributed by atoms with E-state index in [0.717, 1.165) is 49.7 Å². The molecule has 0 bridgehead atoms. The topological polar surface area (TPSA) is 73.9 Å². The second-order valence-electron chi connectivity index (χ2n) is 5.97. The van der Waals surface area contributed by atoms with E-state index in [1.54, 1.807) is 7.05 Å². The molecule has 6 nitrogen and oxygen atoms in total. The molecule has 0 unspecified atom stereocenters. The predicted octanol–water partition coefficient (Wildman–Crippen LogP) is 1.79. The van der Waals surface area contributed by atoms with Crippen LogP contribution in [0.2, 0.25) is 0 Å². The van der Waals surface area contributed by atoms with Crippen molar-refractivity contribution in [1.29, 1.82) is 0 Å². The molecular weight excluding hydrogens is 290 g/mol. The zero-order chi connectivity index (χ0) is 16.1. The smallest absolute Gasteiger partial charge is 0.221 e. The number of nitrogens with one attached hydrogen (secondary N) is 2. The number of hydrogen-bond donors (Lipinski definition) is 2. The van der Waals surface area contributed by atoms with E-state index in [9.17, 15) is 4.79 Å². The molecule has 0 aliphatic carbocycles. The lowest BCUT2D eigenvalue weighted by atomic mass is 9.97. The third-order valence-electron chi connectivity index (χ3n) is 4.36. The van der Waals surface area contributed by atoms with Gasteiger partial charge in [0.1, 0.15) is 5.82 Å². The Balaban J connectivity index is 1.63. The van der Waals surface area contributed by atoms with Gasteiger partial charge in [-0.25, -0.2) is 4.98 Å². The highest BCUT2D eigenvalue weighted by Gasteiger charge is 2.24. The average molecular weight is 313 g/mol. The van der Waals surface area contributed by atoms with E-state index < -0.39 is 0 Å². The molecule has 1 fully saturated rings. The number of H-pyrrole nitrogens is 1. The molecule has 0 saturated carbocycles. The lowest BCUT2D eigenvalue weighted by Crippen LogP contribution is -2.37. The molecule has 1 atom stereocenters. The first-order valence-electron chi connectivity index (χ1n) is 8.17.